The number of halogens is 3. The minimum absolute atomic E-state index is 0.0614. The molecule has 0 saturated carbocycles. The molecule has 0 saturated heterocycles. The number of nitrogens with one attached hydrogen (secondary N) is 1. The first kappa shape index (κ1) is 21.6. The molecule has 2 aromatic heterocycles. The van der Waals surface area contributed by atoms with E-state index in [9.17, 15) is 18.0 Å². The maximum Gasteiger partial charge on any atom is 0.262 e. The van der Waals surface area contributed by atoms with Crippen molar-refractivity contribution in [1.82, 2.24) is 14.7 Å². The maximum atomic E-state index is 14.4. The zero-order valence-electron chi connectivity index (χ0n) is 17.4. The second-order valence-corrected chi connectivity index (χ2v) is 8.00. The van der Waals surface area contributed by atoms with Gasteiger partial charge in [0.2, 0.25) is 0 Å². The molecule has 3 aromatic rings. The van der Waals surface area contributed by atoms with Crippen molar-refractivity contribution in [3.63, 3.8) is 0 Å². The van der Waals surface area contributed by atoms with E-state index in [0.717, 1.165) is 18.1 Å². The largest absolute Gasteiger partial charge is 0.379 e. The number of rotatable bonds is 6. The Hall–Kier alpha value is -3.09. The Morgan fingerprint density at radius 2 is 1.87 bits per heavy atom. The van der Waals surface area contributed by atoms with Gasteiger partial charge in [-0.05, 0) is 49.6 Å². The van der Waals surface area contributed by atoms with Gasteiger partial charge in [0.15, 0.2) is 0 Å². The predicted molar refractivity (Wildman–Crippen MR) is 113 cm³/mol. The van der Waals surface area contributed by atoms with Crippen LogP contribution >= 0.6 is 0 Å². The van der Waals surface area contributed by atoms with E-state index in [1.165, 1.54) is 24.3 Å². The lowest BCUT2D eigenvalue weighted by Gasteiger charge is -2.17. The fraction of sp³-hybridized carbons (Fsp3) is 0.304. The number of aryl methyl sites for hydroxylation is 1. The van der Waals surface area contributed by atoms with E-state index in [1.807, 2.05) is 13.0 Å². The van der Waals surface area contributed by atoms with Gasteiger partial charge in [-0.25, -0.2) is 18.2 Å². The summed E-state index contributed by atoms with van der Waals surface area (Å²) in [6, 6.07) is 10.2. The molecule has 0 unspecified atom stereocenters. The highest BCUT2D eigenvalue weighted by atomic mass is 19.3. The molecule has 0 radical (unpaired) electrons. The number of pyridine rings is 1. The lowest BCUT2D eigenvalue weighted by Crippen LogP contribution is -2.28. The number of alkyl halides is 3. The van der Waals surface area contributed by atoms with E-state index >= 15 is 0 Å². The van der Waals surface area contributed by atoms with Gasteiger partial charge < -0.3 is 5.32 Å². The monoisotopic (exact) mass is 415 g/mol. The summed E-state index contributed by atoms with van der Waals surface area (Å²) in [5, 5.41) is 2.66. The number of benzene rings is 1. The van der Waals surface area contributed by atoms with Gasteiger partial charge in [-0.2, -0.15) is 0 Å². The summed E-state index contributed by atoms with van der Waals surface area (Å²) >= 11 is 0. The lowest BCUT2D eigenvalue weighted by molar-refractivity contribution is 0.0267. The Balaban J connectivity index is 2.06. The molecule has 30 heavy (non-hydrogen) atoms. The average molecular weight is 415 g/mol. The SMILES string of the molecule is C=C(NCC(C)(F)F)c1ccc(-c2cccn3c(=O)cc(C(C)(C)F)nc23)cc1C. The van der Waals surface area contributed by atoms with Crippen molar-refractivity contribution in [1.29, 1.82) is 0 Å². The quantitative estimate of drug-likeness (QED) is 0.610. The summed E-state index contributed by atoms with van der Waals surface area (Å²) in [6.07, 6.45) is 1.58. The molecule has 7 heteroatoms. The van der Waals surface area contributed by atoms with Gasteiger partial charge in [-0.15, -0.1) is 0 Å². The van der Waals surface area contributed by atoms with E-state index in [4.69, 9.17) is 0 Å². The molecule has 1 aromatic carbocycles. The van der Waals surface area contributed by atoms with Crippen LogP contribution in [-0.2, 0) is 5.67 Å². The van der Waals surface area contributed by atoms with Crippen LogP contribution in [0.15, 0.2) is 54.0 Å². The third-order valence-electron chi connectivity index (χ3n) is 4.77. The molecule has 0 aliphatic carbocycles. The van der Waals surface area contributed by atoms with Crippen LogP contribution in [0.1, 0.15) is 37.6 Å². The summed E-state index contributed by atoms with van der Waals surface area (Å²) in [7, 11) is 0. The first-order valence-electron chi connectivity index (χ1n) is 9.51. The normalized spacial score (nSPS) is 12.2. The van der Waals surface area contributed by atoms with E-state index in [0.29, 0.717) is 22.5 Å². The zero-order valence-corrected chi connectivity index (χ0v) is 17.4. The molecule has 4 nitrogen and oxygen atoms in total. The van der Waals surface area contributed by atoms with Crippen LogP contribution in [0.25, 0.3) is 22.5 Å². The second kappa shape index (κ2) is 7.63. The molecule has 0 aliphatic rings. The number of nitrogens with zero attached hydrogens (tertiary/aromatic N) is 2. The topological polar surface area (TPSA) is 46.4 Å². The number of hydrogen-bond donors (Lipinski definition) is 1. The average Bonchev–Trinajstić information content (AvgIpc) is 2.64. The summed E-state index contributed by atoms with van der Waals surface area (Å²) in [6.45, 7) is 8.73. The van der Waals surface area contributed by atoms with Crippen molar-refractivity contribution >= 4 is 11.3 Å². The molecular formula is C23H24F3N3O. The van der Waals surface area contributed by atoms with Gasteiger partial charge in [0.25, 0.3) is 11.5 Å². The molecule has 2 heterocycles. The summed E-state index contributed by atoms with van der Waals surface area (Å²) < 4.78 is 42.1. The minimum Gasteiger partial charge on any atom is -0.379 e. The van der Waals surface area contributed by atoms with Gasteiger partial charge >= 0.3 is 0 Å². The van der Waals surface area contributed by atoms with Crippen molar-refractivity contribution in [2.24, 2.45) is 0 Å². The van der Waals surface area contributed by atoms with Crippen molar-refractivity contribution < 1.29 is 13.2 Å². The van der Waals surface area contributed by atoms with Crippen molar-refractivity contribution in [3.05, 3.63) is 76.3 Å². The van der Waals surface area contributed by atoms with Crippen molar-refractivity contribution in [2.45, 2.75) is 39.3 Å². The summed E-state index contributed by atoms with van der Waals surface area (Å²) in [4.78, 5) is 16.9. The summed E-state index contributed by atoms with van der Waals surface area (Å²) in [5.41, 5.74) is 1.63. The van der Waals surface area contributed by atoms with Crippen molar-refractivity contribution in [2.75, 3.05) is 6.54 Å². The molecule has 0 amide bonds. The Kier molecular flexibility index (Phi) is 5.50. The van der Waals surface area contributed by atoms with Crippen LogP contribution in [0.2, 0.25) is 0 Å². The standard InChI is InChI=1S/C23H24F3N3O/c1-14-11-16(8-9-17(14)15(2)27-13-23(5,25)26)18-7-6-10-29-20(30)12-19(22(3,4)24)28-21(18)29/h6-12,27H,2,13H2,1,3-5H3. The van der Waals surface area contributed by atoms with E-state index in [-0.39, 0.29) is 11.3 Å². The van der Waals surface area contributed by atoms with Crippen LogP contribution in [-0.4, -0.2) is 21.9 Å². The predicted octanol–water partition coefficient (Wildman–Crippen LogP) is 5.09. The number of aromatic nitrogens is 2. The molecule has 1 N–H and O–H groups in total. The molecule has 158 valence electrons. The first-order valence-corrected chi connectivity index (χ1v) is 9.51. The molecule has 0 bridgehead atoms. The van der Waals surface area contributed by atoms with Gasteiger partial charge in [0.1, 0.15) is 11.3 Å². The van der Waals surface area contributed by atoms with Crippen molar-refractivity contribution in [3.8, 4) is 11.1 Å². The highest BCUT2D eigenvalue weighted by Gasteiger charge is 2.23. The third kappa shape index (κ3) is 4.56. The second-order valence-electron chi connectivity index (χ2n) is 8.00. The summed E-state index contributed by atoms with van der Waals surface area (Å²) in [5.74, 6) is -2.85. The van der Waals surface area contributed by atoms with Crippen LogP contribution in [0.3, 0.4) is 0 Å². The van der Waals surface area contributed by atoms with E-state index < -0.39 is 18.1 Å². The highest BCUT2D eigenvalue weighted by Crippen LogP contribution is 2.29. The van der Waals surface area contributed by atoms with Crippen LogP contribution in [0, 0.1) is 6.92 Å². The van der Waals surface area contributed by atoms with E-state index in [1.54, 1.807) is 30.5 Å². The highest BCUT2D eigenvalue weighted by molar-refractivity contribution is 5.79. The minimum atomic E-state index is -2.85. The molecule has 0 aliphatic heterocycles. The van der Waals surface area contributed by atoms with Gasteiger partial charge in [0.05, 0.1) is 12.2 Å². The smallest absolute Gasteiger partial charge is 0.262 e. The number of fused-ring (bicyclic) bond motifs is 1. The zero-order chi connectivity index (χ0) is 22.3. The lowest BCUT2D eigenvalue weighted by atomic mass is 9.98. The van der Waals surface area contributed by atoms with Crippen LogP contribution < -0.4 is 10.9 Å². The van der Waals surface area contributed by atoms with E-state index in [2.05, 4.69) is 16.9 Å². The Labute approximate surface area is 173 Å². The molecule has 3 rings (SSSR count). The van der Waals surface area contributed by atoms with Gasteiger partial charge in [0, 0.05) is 30.4 Å². The Bertz CT molecular complexity index is 1170. The van der Waals surface area contributed by atoms with Crippen LogP contribution in [0.5, 0.6) is 0 Å². The Morgan fingerprint density at radius 1 is 1.17 bits per heavy atom. The Morgan fingerprint density at radius 3 is 2.47 bits per heavy atom. The molecular weight excluding hydrogens is 391 g/mol. The maximum absolute atomic E-state index is 14.4. The fourth-order valence-corrected chi connectivity index (χ4v) is 3.18. The van der Waals surface area contributed by atoms with Gasteiger partial charge in [-0.1, -0.05) is 24.8 Å². The number of hydrogen-bond acceptors (Lipinski definition) is 3. The van der Waals surface area contributed by atoms with Gasteiger partial charge in [-0.3, -0.25) is 9.20 Å². The molecule has 0 atom stereocenters. The fourth-order valence-electron chi connectivity index (χ4n) is 3.18. The third-order valence-corrected chi connectivity index (χ3v) is 4.77. The van der Waals surface area contributed by atoms with Crippen LogP contribution in [0.4, 0.5) is 13.2 Å². The molecule has 0 fully saturated rings. The first-order chi connectivity index (χ1) is 13.9. The molecule has 0 spiro atoms.